The van der Waals surface area contributed by atoms with E-state index in [1.165, 1.54) is 7.11 Å². The molecule has 0 aliphatic heterocycles. The van der Waals surface area contributed by atoms with Crippen LogP contribution in [0.4, 0.5) is 17.2 Å². The summed E-state index contributed by atoms with van der Waals surface area (Å²) < 4.78 is 4.88. The van der Waals surface area contributed by atoms with Gasteiger partial charge < -0.3 is 15.4 Å². The lowest BCUT2D eigenvalue weighted by Gasteiger charge is -2.12. The lowest BCUT2D eigenvalue weighted by molar-refractivity contribution is -0.119. The molecule has 3 aromatic carbocycles. The van der Waals surface area contributed by atoms with Crippen LogP contribution in [0.1, 0.15) is 0 Å². The zero-order valence-electron chi connectivity index (χ0n) is 17.3. The molecule has 2 heterocycles. The molecule has 32 heavy (non-hydrogen) atoms. The lowest BCUT2D eigenvalue weighted by Crippen LogP contribution is -2.17. The first-order valence-electron chi connectivity index (χ1n) is 10.1. The van der Waals surface area contributed by atoms with E-state index in [1.807, 2.05) is 66.7 Å². The van der Waals surface area contributed by atoms with Crippen LogP contribution in [0.25, 0.3) is 33.2 Å². The molecule has 0 saturated carbocycles. The minimum atomic E-state index is -0.221. The molecule has 5 aromatic rings. The first-order chi connectivity index (χ1) is 15.7. The number of benzene rings is 3. The SMILES string of the molecule is COCC(=O)Nc1cccc(-c2nc(Nc3ccc4[nH]ncc4c3)c3ccccc3n2)c1. The van der Waals surface area contributed by atoms with Crippen molar-refractivity contribution in [3.05, 3.63) is 72.9 Å². The van der Waals surface area contributed by atoms with Crippen LogP contribution >= 0.6 is 0 Å². The van der Waals surface area contributed by atoms with Crippen molar-refractivity contribution >= 4 is 44.9 Å². The number of carbonyl (C=O) groups is 1. The number of rotatable bonds is 6. The number of carbonyl (C=O) groups excluding carboxylic acids is 1. The Kier molecular flexibility index (Phi) is 5.19. The maximum Gasteiger partial charge on any atom is 0.250 e. The van der Waals surface area contributed by atoms with Crippen molar-refractivity contribution in [2.45, 2.75) is 0 Å². The Morgan fingerprint density at radius 1 is 1.00 bits per heavy atom. The minimum absolute atomic E-state index is 0.00816. The maximum atomic E-state index is 11.9. The number of aromatic amines is 1. The van der Waals surface area contributed by atoms with Crippen molar-refractivity contribution in [3.63, 3.8) is 0 Å². The van der Waals surface area contributed by atoms with Crippen LogP contribution in [0.15, 0.2) is 72.9 Å². The molecule has 5 rings (SSSR count). The predicted molar refractivity (Wildman–Crippen MR) is 125 cm³/mol. The summed E-state index contributed by atoms with van der Waals surface area (Å²) in [7, 11) is 1.48. The normalized spacial score (nSPS) is 11.0. The Morgan fingerprint density at radius 2 is 1.91 bits per heavy atom. The van der Waals surface area contributed by atoms with Gasteiger partial charge in [-0.3, -0.25) is 9.89 Å². The van der Waals surface area contributed by atoms with Crippen molar-refractivity contribution in [1.82, 2.24) is 20.2 Å². The second-order valence-electron chi connectivity index (χ2n) is 7.27. The van der Waals surface area contributed by atoms with Crippen LogP contribution in [-0.2, 0) is 9.53 Å². The Hall–Kier alpha value is -4.30. The summed E-state index contributed by atoms with van der Waals surface area (Å²) >= 11 is 0. The number of anilines is 3. The highest BCUT2D eigenvalue weighted by Crippen LogP contribution is 2.29. The largest absolute Gasteiger partial charge is 0.375 e. The smallest absolute Gasteiger partial charge is 0.250 e. The van der Waals surface area contributed by atoms with Crippen molar-refractivity contribution in [1.29, 1.82) is 0 Å². The second kappa shape index (κ2) is 8.44. The zero-order chi connectivity index (χ0) is 21.9. The van der Waals surface area contributed by atoms with Crippen LogP contribution in [0.3, 0.4) is 0 Å². The first-order valence-corrected chi connectivity index (χ1v) is 10.1. The summed E-state index contributed by atoms with van der Waals surface area (Å²) in [6.45, 7) is -0.00816. The third kappa shape index (κ3) is 3.99. The number of nitrogens with zero attached hydrogens (tertiary/aromatic N) is 3. The van der Waals surface area contributed by atoms with Crippen LogP contribution in [0.2, 0.25) is 0 Å². The summed E-state index contributed by atoms with van der Waals surface area (Å²) in [5.41, 5.74) is 4.13. The predicted octanol–water partition coefficient (Wildman–Crippen LogP) is 4.50. The molecule has 0 aliphatic carbocycles. The van der Waals surface area contributed by atoms with Crippen LogP contribution < -0.4 is 10.6 Å². The fraction of sp³-hybridized carbons (Fsp3) is 0.0833. The second-order valence-corrected chi connectivity index (χ2v) is 7.27. The number of methoxy groups -OCH3 is 1. The molecule has 1 amide bonds. The Morgan fingerprint density at radius 3 is 2.81 bits per heavy atom. The minimum Gasteiger partial charge on any atom is -0.375 e. The highest BCUT2D eigenvalue weighted by atomic mass is 16.5. The number of hydrogen-bond acceptors (Lipinski definition) is 6. The number of para-hydroxylation sites is 1. The molecule has 8 nitrogen and oxygen atoms in total. The third-order valence-electron chi connectivity index (χ3n) is 4.99. The highest BCUT2D eigenvalue weighted by molar-refractivity contribution is 5.94. The zero-order valence-corrected chi connectivity index (χ0v) is 17.3. The van der Waals surface area contributed by atoms with Crippen molar-refractivity contribution in [3.8, 4) is 11.4 Å². The maximum absolute atomic E-state index is 11.9. The van der Waals surface area contributed by atoms with Gasteiger partial charge in [0.2, 0.25) is 5.91 Å². The topological polar surface area (TPSA) is 105 Å². The standard InChI is InChI=1S/C24H20N6O2/c1-32-14-22(31)26-17-6-4-5-15(11-17)23-28-21-8-3-2-7-19(21)24(29-23)27-18-9-10-20-16(12-18)13-25-30-20/h2-13H,14H2,1H3,(H,25,30)(H,26,31)(H,27,28,29). The van der Waals surface area contributed by atoms with Gasteiger partial charge >= 0.3 is 0 Å². The molecule has 8 heteroatoms. The summed E-state index contributed by atoms with van der Waals surface area (Å²) in [6.07, 6.45) is 1.79. The molecule has 0 bridgehead atoms. The summed E-state index contributed by atoms with van der Waals surface area (Å²) in [6, 6.07) is 21.2. The van der Waals surface area contributed by atoms with E-state index in [-0.39, 0.29) is 12.5 Å². The number of amides is 1. The van der Waals surface area contributed by atoms with Gasteiger partial charge in [-0.15, -0.1) is 0 Å². The van der Waals surface area contributed by atoms with Crippen molar-refractivity contribution in [2.24, 2.45) is 0 Å². The van der Waals surface area contributed by atoms with E-state index in [2.05, 4.69) is 20.8 Å². The number of ether oxygens (including phenoxy) is 1. The lowest BCUT2D eigenvalue weighted by atomic mass is 10.1. The first kappa shape index (κ1) is 19.7. The van der Waals surface area contributed by atoms with Gasteiger partial charge in [-0.25, -0.2) is 9.97 Å². The average molecular weight is 424 g/mol. The Labute approximate surface area is 183 Å². The quantitative estimate of drug-likeness (QED) is 0.371. The van der Waals surface area contributed by atoms with E-state index in [0.717, 1.165) is 33.1 Å². The highest BCUT2D eigenvalue weighted by Gasteiger charge is 2.11. The fourth-order valence-electron chi connectivity index (χ4n) is 3.52. The van der Waals surface area contributed by atoms with Gasteiger partial charge in [0, 0.05) is 34.8 Å². The Bertz CT molecular complexity index is 1430. The molecule has 2 aromatic heterocycles. The number of aromatic nitrogens is 4. The molecule has 0 spiro atoms. The van der Waals surface area contributed by atoms with Crippen molar-refractivity contribution < 1.29 is 9.53 Å². The third-order valence-corrected chi connectivity index (χ3v) is 4.99. The number of H-pyrrole nitrogens is 1. The number of fused-ring (bicyclic) bond motifs is 2. The summed E-state index contributed by atoms with van der Waals surface area (Å²) in [4.78, 5) is 21.4. The van der Waals surface area contributed by atoms with Gasteiger partial charge in [0.1, 0.15) is 12.4 Å². The molecule has 0 unspecified atom stereocenters. The fourth-order valence-corrected chi connectivity index (χ4v) is 3.52. The molecule has 3 N–H and O–H groups in total. The van der Waals surface area contributed by atoms with E-state index in [4.69, 9.17) is 14.7 Å². The van der Waals surface area contributed by atoms with E-state index >= 15 is 0 Å². The van der Waals surface area contributed by atoms with E-state index in [9.17, 15) is 4.79 Å². The summed E-state index contributed by atoms with van der Waals surface area (Å²) in [5, 5.41) is 15.2. The Balaban J connectivity index is 1.54. The molecule has 158 valence electrons. The monoisotopic (exact) mass is 424 g/mol. The molecule has 0 atom stereocenters. The average Bonchev–Trinajstić information content (AvgIpc) is 3.27. The number of nitrogens with one attached hydrogen (secondary N) is 3. The molecule has 0 fully saturated rings. The molecular formula is C24H20N6O2. The van der Waals surface area contributed by atoms with E-state index in [0.29, 0.717) is 17.3 Å². The summed E-state index contributed by atoms with van der Waals surface area (Å²) in [5.74, 6) is 1.03. The molecular weight excluding hydrogens is 404 g/mol. The van der Waals surface area contributed by atoms with Gasteiger partial charge in [-0.05, 0) is 42.5 Å². The van der Waals surface area contributed by atoms with Gasteiger partial charge in [0.25, 0.3) is 0 Å². The van der Waals surface area contributed by atoms with Gasteiger partial charge in [0.15, 0.2) is 5.82 Å². The molecule has 0 saturated heterocycles. The number of hydrogen-bond donors (Lipinski definition) is 3. The van der Waals surface area contributed by atoms with Crippen molar-refractivity contribution in [2.75, 3.05) is 24.4 Å². The van der Waals surface area contributed by atoms with Crippen LogP contribution in [0, 0.1) is 0 Å². The van der Waals surface area contributed by atoms with Crippen LogP contribution in [-0.4, -0.2) is 39.8 Å². The van der Waals surface area contributed by atoms with E-state index in [1.54, 1.807) is 6.20 Å². The van der Waals surface area contributed by atoms with Gasteiger partial charge in [-0.2, -0.15) is 5.10 Å². The van der Waals surface area contributed by atoms with Crippen LogP contribution in [0.5, 0.6) is 0 Å². The molecule has 0 aliphatic rings. The van der Waals surface area contributed by atoms with Gasteiger partial charge in [-0.1, -0.05) is 24.3 Å². The van der Waals surface area contributed by atoms with Gasteiger partial charge in [0.05, 0.1) is 17.2 Å². The molecule has 0 radical (unpaired) electrons. The van der Waals surface area contributed by atoms with E-state index < -0.39 is 0 Å².